The molecule has 0 aromatic heterocycles. The van der Waals surface area contributed by atoms with Crippen LogP contribution in [0.4, 0.5) is 4.39 Å². The average Bonchev–Trinajstić information content (AvgIpc) is 2.53. The first-order valence-corrected chi connectivity index (χ1v) is 7.76. The van der Waals surface area contributed by atoms with Gasteiger partial charge in [-0.25, -0.2) is 4.39 Å². The molecule has 0 saturated heterocycles. The van der Waals surface area contributed by atoms with Gasteiger partial charge in [0, 0.05) is 12.1 Å². The van der Waals surface area contributed by atoms with E-state index >= 15 is 0 Å². The molecule has 2 aromatic rings. The smallest absolute Gasteiger partial charge is 0.254 e. The number of carbonyl (C=O) groups excluding carboxylic acids is 1. The van der Waals surface area contributed by atoms with Crippen molar-refractivity contribution in [2.75, 3.05) is 6.54 Å². The predicted molar refractivity (Wildman–Crippen MR) is 85.4 cm³/mol. The molecule has 0 aliphatic carbocycles. The Labute approximate surface area is 130 Å². The molecule has 1 aliphatic heterocycles. The van der Waals surface area contributed by atoms with Crippen LogP contribution in [0.1, 0.15) is 46.4 Å². The van der Waals surface area contributed by atoms with Crippen molar-refractivity contribution in [3.8, 4) is 0 Å². The van der Waals surface area contributed by atoms with Crippen molar-refractivity contribution in [1.82, 2.24) is 4.90 Å². The van der Waals surface area contributed by atoms with E-state index in [9.17, 15) is 9.18 Å². The highest BCUT2D eigenvalue weighted by atomic mass is 19.1. The van der Waals surface area contributed by atoms with Crippen LogP contribution in [-0.2, 0) is 6.42 Å². The van der Waals surface area contributed by atoms with Gasteiger partial charge in [-0.05, 0) is 55.2 Å². The van der Waals surface area contributed by atoms with Gasteiger partial charge >= 0.3 is 0 Å². The molecule has 0 bridgehead atoms. The SMILES string of the molecule is CCC1c2ccc(C)cc2CCN1C(=O)c1ccc(F)cc1. The second-order valence-electron chi connectivity index (χ2n) is 5.88. The Morgan fingerprint density at radius 3 is 2.64 bits per heavy atom. The van der Waals surface area contributed by atoms with Gasteiger partial charge in [-0.1, -0.05) is 30.7 Å². The van der Waals surface area contributed by atoms with Gasteiger partial charge in [0.2, 0.25) is 0 Å². The fraction of sp³-hybridized carbons (Fsp3) is 0.316. The van der Waals surface area contributed by atoms with Crippen molar-refractivity contribution in [3.63, 3.8) is 0 Å². The van der Waals surface area contributed by atoms with E-state index in [4.69, 9.17) is 0 Å². The summed E-state index contributed by atoms with van der Waals surface area (Å²) in [4.78, 5) is 14.7. The summed E-state index contributed by atoms with van der Waals surface area (Å²) in [6.45, 7) is 4.91. The highest BCUT2D eigenvalue weighted by Gasteiger charge is 2.30. The molecule has 1 atom stereocenters. The fourth-order valence-electron chi connectivity index (χ4n) is 3.28. The Hall–Kier alpha value is -2.16. The molecule has 1 unspecified atom stereocenters. The molecule has 0 radical (unpaired) electrons. The van der Waals surface area contributed by atoms with Crippen molar-refractivity contribution in [2.45, 2.75) is 32.7 Å². The Bertz CT molecular complexity index is 693. The van der Waals surface area contributed by atoms with Crippen LogP contribution in [0.2, 0.25) is 0 Å². The summed E-state index contributed by atoms with van der Waals surface area (Å²) >= 11 is 0. The summed E-state index contributed by atoms with van der Waals surface area (Å²) in [6, 6.07) is 12.4. The molecule has 0 N–H and O–H groups in total. The minimum atomic E-state index is -0.317. The van der Waals surface area contributed by atoms with E-state index in [2.05, 4.69) is 32.0 Å². The Balaban J connectivity index is 1.93. The van der Waals surface area contributed by atoms with Gasteiger partial charge in [0.1, 0.15) is 5.82 Å². The van der Waals surface area contributed by atoms with Crippen LogP contribution < -0.4 is 0 Å². The number of carbonyl (C=O) groups is 1. The van der Waals surface area contributed by atoms with E-state index in [0.29, 0.717) is 12.1 Å². The number of amides is 1. The van der Waals surface area contributed by atoms with E-state index in [1.807, 2.05) is 4.90 Å². The maximum absolute atomic E-state index is 13.0. The molecule has 0 fully saturated rings. The Morgan fingerprint density at radius 2 is 1.95 bits per heavy atom. The summed E-state index contributed by atoms with van der Waals surface area (Å²) < 4.78 is 13.0. The molecule has 1 amide bonds. The van der Waals surface area contributed by atoms with Crippen LogP contribution in [0.25, 0.3) is 0 Å². The van der Waals surface area contributed by atoms with E-state index in [-0.39, 0.29) is 17.8 Å². The monoisotopic (exact) mass is 297 g/mol. The van der Waals surface area contributed by atoms with Crippen molar-refractivity contribution in [3.05, 3.63) is 70.5 Å². The van der Waals surface area contributed by atoms with Gasteiger partial charge < -0.3 is 4.90 Å². The molecular weight excluding hydrogens is 277 g/mol. The first-order chi connectivity index (χ1) is 10.6. The van der Waals surface area contributed by atoms with Gasteiger partial charge in [-0.15, -0.1) is 0 Å². The minimum absolute atomic E-state index is 0.0157. The van der Waals surface area contributed by atoms with Gasteiger partial charge in [-0.3, -0.25) is 4.79 Å². The van der Waals surface area contributed by atoms with Crippen LogP contribution >= 0.6 is 0 Å². The van der Waals surface area contributed by atoms with Crippen LogP contribution in [0, 0.1) is 12.7 Å². The zero-order valence-electron chi connectivity index (χ0n) is 13.0. The third-order valence-electron chi connectivity index (χ3n) is 4.39. The first kappa shape index (κ1) is 14.8. The van der Waals surface area contributed by atoms with Gasteiger partial charge in [0.25, 0.3) is 5.91 Å². The largest absolute Gasteiger partial charge is 0.331 e. The second kappa shape index (κ2) is 5.91. The summed E-state index contributed by atoms with van der Waals surface area (Å²) in [5, 5.41) is 0. The minimum Gasteiger partial charge on any atom is -0.331 e. The summed E-state index contributed by atoms with van der Waals surface area (Å²) in [6.07, 6.45) is 1.75. The molecule has 2 aromatic carbocycles. The molecule has 2 nitrogen and oxygen atoms in total. The highest BCUT2D eigenvalue weighted by molar-refractivity contribution is 5.94. The molecule has 3 heteroatoms. The third kappa shape index (κ3) is 2.63. The highest BCUT2D eigenvalue weighted by Crippen LogP contribution is 2.33. The number of hydrogen-bond donors (Lipinski definition) is 0. The zero-order valence-corrected chi connectivity index (χ0v) is 13.0. The van der Waals surface area contributed by atoms with Crippen LogP contribution in [0.3, 0.4) is 0 Å². The Kier molecular flexibility index (Phi) is 3.97. The lowest BCUT2D eigenvalue weighted by Gasteiger charge is -2.37. The molecule has 0 spiro atoms. The lowest BCUT2D eigenvalue weighted by molar-refractivity contribution is 0.0655. The van der Waals surface area contributed by atoms with Crippen molar-refractivity contribution < 1.29 is 9.18 Å². The van der Waals surface area contributed by atoms with E-state index in [1.165, 1.54) is 28.8 Å². The predicted octanol–water partition coefficient (Wildman–Crippen LogP) is 4.28. The maximum Gasteiger partial charge on any atom is 0.254 e. The van der Waals surface area contributed by atoms with Crippen molar-refractivity contribution >= 4 is 5.91 Å². The van der Waals surface area contributed by atoms with Crippen LogP contribution in [-0.4, -0.2) is 17.4 Å². The lowest BCUT2D eigenvalue weighted by atomic mass is 9.89. The molecule has 0 saturated carbocycles. The second-order valence-corrected chi connectivity index (χ2v) is 5.88. The number of nitrogens with zero attached hydrogens (tertiary/aromatic N) is 1. The molecular formula is C19H20FNO. The summed E-state index contributed by atoms with van der Waals surface area (Å²) in [5.41, 5.74) is 4.40. The summed E-state index contributed by atoms with van der Waals surface area (Å²) in [5.74, 6) is -0.332. The molecule has 22 heavy (non-hydrogen) atoms. The Morgan fingerprint density at radius 1 is 1.23 bits per heavy atom. The molecule has 114 valence electrons. The first-order valence-electron chi connectivity index (χ1n) is 7.76. The van der Waals surface area contributed by atoms with Crippen molar-refractivity contribution in [2.24, 2.45) is 0 Å². The number of rotatable bonds is 2. The number of benzene rings is 2. The molecule has 3 rings (SSSR count). The number of hydrogen-bond acceptors (Lipinski definition) is 1. The standard InChI is InChI=1S/C19H20FNO/c1-3-18-17-9-4-13(2)12-15(17)10-11-21(18)19(22)14-5-7-16(20)8-6-14/h4-9,12,18H,3,10-11H2,1-2H3. The number of fused-ring (bicyclic) bond motifs is 1. The maximum atomic E-state index is 13.0. The van der Waals surface area contributed by atoms with Crippen LogP contribution in [0.15, 0.2) is 42.5 Å². The molecule has 1 heterocycles. The van der Waals surface area contributed by atoms with Crippen molar-refractivity contribution in [1.29, 1.82) is 0 Å². The normalized spacial score (nSPS) is 17.2. The molecule has 1 aliphatic rings. The topological polar surface area (TPSA) is 20.3 Å². The number of aryl methyl sites for hydroxylation is 1. The third-order valence-corrected chi connectivity index (χ3v) is 4.39. The van der Waals surface area contributed by atoms with E-state index in [0.717, 1.165) is 12.8 Å². The van der Waals surface area contributed by atoms with Crippen LogP contribution in [0.5, 0.6) is 0 Å². The number of halogens is 1. The van der Waals surface area contributed by atoms with E-state index in [1.54, 1.807) is 12.1 Å². The average molecular weight is 297 g/mol. The van der Waals surface area contributed by atoms with E-state index < -0.39 is 0 Å². The van der Waals surface area contributed by atoms with Gasteiger partial charge in [-0.2, -0.15) is 0 Å². The summed E-state index contributed by atoms with van der Waals surface area (Å²) in [7, 11) is 0. The lowest BCUT2D eigenvalue weighted by Crippen LogP contribution is -2.39. The van der Waals surface area contributed by atoms with Gasteiger partial charge in [0.05, 0.1) is 6.04 Å². The van der Waals surface area contributed by atoms with Gasteiger partial charge in [0.15, 0.2) is 0 Å². The fourth-order valence-corrected chi connectivity index (χ4v) is 3.28. The quantitative estimate of drug-likeness (QED) is 0.810. The zero-order chi connectivity index (χ0) is 15.7.